The van der Waals surface area contributed by atoms with Gasteiger partial charge in [-0.25, -0.2) is 17.5 Å². The van der Waals surface area contributed by atoms with Crippen LogP contribution in [0.5, 0.6) is 0 Å². The fourth-order valence-corrected chi connectivity index (χ4v) is 3.46. The zero-order valence-corrected chi connectivity index (χ0v) is 16.4. The molecule has 144 valence electrons. The molecular formula is C19H22N2O5S. The van der Waals surface area contributed by atoms with E-state index >= 15 is 0 Å². The number of nitrogens with one attached hydrogen (secondary N) is 1. The second-order valence-electron chi connectivity index (χ2n) is 6.35. The van der Waals surface area contributed by atoms with E-state index in [2.05, 4.69) is 5.32 Å². The maximum Gasteiger partial charge on any atom is 0.330 e. The number of hydrogen-bond acceptors (Lipinski definition) is 4. The van der Waals surface area contributed by atoms with Crippen LogP contribution in [0.25, 0.3) is 0 Å². The number of sulfonamides is 1. The Morgan fingerprint density at radius 1 is 1.04 bits per heavy atom. The van der Waals surface area contributed by atoms with Crippen LogP contribution in [0.15, 0.2) is 47.4 Å². The Bertz CT molecular complexity index is 966. The maximum atomic E-state index is 12.5. The van der Waals surface area contributed by atoms with Crippen molar-refractivity contribution in [1.82, 2.24) is 9.62 Å². The van der Waals surface area contributed by atoms with Crippen LogP contribution in [0.4, 0.5) is 0 Å². The largest absolute Gasteiger partial charge is 0.479 e. The number of carbonyl (C=O) groups is 2. The van der Waals surface area contributed by atoms with E-state index in [9.17, 15) is 23.1 Å². The molecule has 1 atom stereocenters. The number of carboxylic acids is 1. The average molecular weight is 390 g/mol. The number of benzene rings is 2. The lowest BCUT2D eigenvalue weighted by Crippen LogP contribution is -2.34. The summed E-state index contributed by atoms with van der Waals surface area (Å²) in [5.41, 5.74) is 2.38. The molecule has 1 unspecified atom stereocenters. The first-order chi connectivity index (χ1) is 12.6. The van der Waals surface area contributed by atoms with Crippen molar-refractivity contribution >= 4 is 21.9 Å². The molecule has 0 aliphatic rings. The standard InChI is InChI=1S/C19H22N2O5S/c1-12-6-5-7-16(13(12)2)17(19(23)24)20-18(22)14-8-10-15(11-9-14)27(25,26)21(3)4/h5-11,17H,1-4H3,(H,20,22)(H,23,24). The predicted molar refractivity (Wildman–Crippen MR) is 101 cm³/mol. The molecule has 0 heterocycles. The van der Waals surface area contributed by atoms with Gasteiger partial charge in [0.05, 0.1) is 4.90 Å². The van der Waals surface area contributed by atoms with Crippen molar-refractivity contribution in [1.29, 1.82) is 0 Å². The van der Waals surface area contributed by atoms with Crippen LogP contribution in [0.3, 0.4) is 0 Å². The summed E-state index contributed by atoms with van der Waals surface area (Å²) in [5.74, 6) is -1.78. The molecule has 27 heavy (non-hydrogen) atoms. The third-order valence-corrected chi connectivity index (χ3v) is 6.20. The normalized spacial score (nSPS) is 12.6. The molecule has 0 aliphatic heterocycles. The summed E-state index contributed by atoms with van der Waals surface area (Å²) in [6.07, 6.45) is 0. The summed E-state index contributed by atoms with van der Waals surface area (Å²) < 4.78 is 25.2. The molecule has 8 heteroatoms. The first-order valence-corrected chi connectivity index (χ1v) is 9.62. The van der Waals surface area contributed by atoms with Crippen LogP contribution in [0, 0.1) is 13.8 Å². The second kappa shape index (κ2) is 7.89. The highest BCUT2D eigenvalue weighted by molar-refractivity contribution is 7.89. The first-order valence-electron chi connectivity index (χ1n) is 8.18. The third-order valence-electron chi connectivity index (χ3n) is 4.37. The molecule has 0 saturated carbocycles. The number of carboxylic acid groups (broad SMARTS) is 1. The third kappa shape index (κ3) is 4.35. The van der Waals surface area contributed by atoms with Crippen LogP contribution < -0.4 is 5.32 Å². The van der Waals surface area contributed by atoms with E-state index in [1.807, 2.05) is 13.0 Å². The molecule has 2 N–H and O–H groups in total. The number of carbonyl (C=O) groups excluding carboxylic acids is 1. The van der Waals surface area contributed by atoms with E-state index < -0.39 is 27.9 Å². The topological polar surface area (TPSA) is 104 Å². The Balaban J connectivity index is 2.29. The van der Waals surface area contributed by atoms with E-state index in [0.29, 0.717) is 5.56 Å². The van der Waals surface area contributed by atoms with Crippen LogP contribution >= 0.6 is 0 Å². The van der Waals surface area contributed by atoms with Crippen LogP contribution in [0.2, 0.25) is 0 Å². The van der Waals surface area contributed by atoms with Gasteiger partial charge in [0.1, 0.15) is 0 Å². The lowest BCUT2D eigenvalue weighted by atomic mass is 9.97. The summed E-state index contributed by atoms with van der Waals surface area (Å²) >= 11 is 0. The van der Waals surface area contributed by atoms with Crippen molar-refractivity contribution in [2.24, 2.45) is 0 Å². The van der Waals surface area contributed by atoms with Gasteiger partial charge >= 0.3 is 5.97 Å². The van der Waals surface area contributed by atoms with Gasteiger partial charge in [0.25, 0.3) is 5.91 Å². The molecule has 0 aromatic heterocycles. The molecular weight excluding hydrogens is 368 g/mol. The smallest absolute Gasteiger partial charge is 0.330 e. The van der Waals surface area contributed by atoms with Crippen molar-refractivity contribution in [2.45, 2.75) is 24.8 Å². The van der Waals surface area contributed by atoms with Gasteiger partial charge in [-0.15, -0.1) is 0 Å². The van der Waals surface area contributed by atoms with Crippen LogP contribution in [0.1, 0.15) is 33.1 Å². The van der Waals surface area contributed by atoms with Crippen molar-refractivity contribution in [3.05, 3.63) is 64.7 Å². The van der Waals surface area contributed by atoms with Gasteiger partial charge in [0.2, 0.25) is 10.0 Å². The van der Waals surface area contributed by atoms with Gasteiger partial charge in [-0.05, 0) is 54.8 Å². The van der Waals surface area contributed by atoms with Gasteiger partial charge in [0.15, 0.2) is 6.04 Å². The Labute approximate surface area is 158 Å². The molecule has 0 aliphatic carbocycles. The van der Waals surface area contributed by atoms with Gasteiger partial charge in [-0.2, -0.15) is 0 Å². The molecule has 1 amide bonds. The van der Waals surface area contributed by atoms with E-state index in [1.54, 1.807) is 19.1 Å². The monoisotopic (exact) mass is 390 g/mol. The zero-order valence-electron chi connectivity index (χ0n) is 15.6. The van der Waals surface area contributed by atoms with Gasteiger partial charge in [-0.3, -0.25) is 4.79 Å². The highest BCUT2D eigenvalue weighted by Crippen LogP contribution is 2.22. The van der Waals surface area contributed by atoms with E-state index in [0.717, 1.165) is 15.4 Å². The Hall–Kier alpha value is -2.71. The van der Waals surface area contributed by atoms with E-state index in [-0.39, 0.29) is 10.5 Å². The van der Waals surface area contributed by atoms with Crippen LogP contribution in [-0.2, 0) is 14.8 Å². The van der Waals surface area contributed by atoms with E-state index in [1.165, 1.54) is 38.4 Å². The molecule has 0 saturated heterocycles. The Morgan fingerprint density at radius 2 is 1.63 bits per heavy atom. The van der Waals surface area contributed by atoms with Crippen LogP contribution in [-0.4, -0.2) is 43.8 Å². The minimum absolute atomic E-state index is 0.0494. The summed E-state index contributed by atoms with van der Waals surface area (Å²) in [4.78, 5) is 24.2. The summed E-state index contributed by atoms with van der Waals surface area (Å²) in [6, 6.07) is 9.40. The number of hydrogen-bond donors (Lipinski definition) is 2. The molecule has 2 rings (SSSR count). The van der Waals surface area contributed by atoms with Crippen molar-refractivity contribution < 1.29 is 23.1 Å². The highest BCUT2D eigenvalue weighted by Gasteiger charge is 2.25. The lowest BCUT2D eigenvalue weighted by molar-refractivity contribution is -0.139. The van der Waals surface area contributed by atoms with Crippen molar-refractivity contribution in [2.75, 3.05) is 14.1 Å². The van der Waals surface area contributed by atoms with Gasteiger partial charge in [0, 0.05) is 19.7 Å². The maximum absolute atomic E-state index is 12.5. The molecule has 0 fully saturated rings. The van der Waals surface area contributed by atoms with E-state index in [4.69, 9.17) is 0 Å². The van der Waals surface area contributed by atoms with Crippen molar-refractivity contribution in [3.8, 4) is 0 Å². The molecule has 2 aromatic carbocycles. The second-order valence-corrected chi connectivity index (χ2v) is 8.50. The van der Waals surface area contributed by atoms with Crippen molar-refractivity contribution in [3.63, 3.8) is 0 Å². The lowest BCUT2D eigenvalue weighted by Gasteiger charge is -2.18. The fraction of sp³-hybridized carbons (Fsp3) is 0.263. The highest BCUT2D eigenvalue weighted by atomic mass is 32.2. The molecule has 0 radical (unpaired) electrons. The minimum Gasteiger partial charge on any atom is -0.479 e. The quantitative estimate of drug-likeness (QED) is 0.786. The fourth-order valence-electron chi connectivity index (χ4n) is 2.56. The minimum atomic E-state index is -3.60. The number of rotatable bonds is 6. The molecule has 2 aromatic rings. The number of amides is 1. The molecule has 0 spiro atoms. The number of aliphatic carboxylic acids is 1. The SMILES string of the molecule is Cc1cccc(C(NC(=O)c2ccc(S(=O)(=O)N(C)C)cc2)C(=O)O)c1C. The summed E-state index contributed by atoms with van der Waals surface area (Å²) in [7, 11) is -0.773. The zero-order chi connectivity index (χ0) is 20.4. The average Bonchev–Trinajstić information content (AvgIpc) is 2.62. The summed E-state index contributed by atoms with van der Waals surface area (Å²) in [6.45, 7) is 3.66. The predicted octanol–water partition coefficient (Wildman–Crippen LogP) is 2.11. The van der Waals surface area contributed by atoms with Gasteiger partial charge in [-0.1, -0.05) is 18.2 Å². The summed E-state index contributed by atoms with van der Waals surface area (Å²) in [5, 5.41) is 12.0. The number of nitrogens with zero attached hydrogens (tertiary/aromatic N) is 1. The first kappa shape index (κ1) is 20.6. The van der Waals surface area contributed by atoms with Gasteiger partial charge < -0.3 is 10.4 Å². The number of aryl methyl sites for hydroxylation is 1. The molecule has 0 bridgehead atoms. The Kier molecular flexibility index (Phi) is 6.02. The molecule has 7 nitrogen and oxygen atoms in total. The Morgan fingerprint density at radius 3 is 2.15 bits per heavy atom.